The number of likely N-dealkylation sites (N-methyl/N-ethyl adjacent to an activating group) is 1. The number of thiophene rings is 1. The summed E-state index contributed by atoms with van der Waals surface area (Å²) in [6.07, 6.45) is 3.28. The Balaban J connectivity index is 1.90. The summed E-state index contributed by atoms with van der Waals surface area (Å²) in [7, 11) is 3.89. The molecule has 0 spiro atoms. The number of rotatable bonds is 6. The number of nitrogens with zero attached hydrogens (tertiary/aromatic N) is 3. The average molecular weight is 370 g/mol. The molecule has 26 heavy (non-hydrogen) atoms. The molecular formula is C18H18N4O3S. The van der Waals surface area contributed by atoms with E-state index in [0.717, 1.165) is 16.8 Å². The van der Waals surface area contributed by atoms with E-state index in [1.165, 1.54) is 17.4 Å². The molecule has 2 N–H and O–H groups in total. The summed E-state index contributed by atoms with van der Waals surface area (Å²) in [4.78, 5) is 35.3. The lowest BCUT2D eigenvalue weighted by molar-refractivity contribution is 0.0690. The Morgan fingerprint density at radius 1 is 1.19 bits per heavy atom. The third-order valence-corrected chi connectivity index (χ3v) is 4.88. The van der Waals surface area contributed by atoms with Gasteiger partial charge in [0, 0.05) is 41.3 Å². The Bertz CT molecular complexity index is 968. The summed E-state index contributed by atoms with van der Waals surface area (Å²) in [6, 6.07) is 6.72. The lowest BCUT2D eigenvalue weighted by Crippen LogP contribution is -2.30. The molecule has 0 saturated heterocycles. The smallest absolute Gasteiger partial charge is 0.354 e. The zero-order valence-corrected chi connectivity index (χ0v) is 15.2. The Morgan fingerprint density at radius 2 is 2.00 bits per heavy atom. The monoisotopic (exact) mass is 370 g/mol. The molecule has 134 valence electrons. The van der Waals surface area contributed by atoms with E-state index < -0.39 is 5.97 Å². The maximum Gasteiger partial charge on any atom is 0.354 e. The second kappa shape index (κ2) is 7.59. The van der Waals surface area contributed by atoms with Crippen molar-refractivity contribution in [3.8, 4) is 10.4 Å². The van der Waals surface area contributed by atoms with E-state index in [0.29, 0.717) is 22.5 Å². The summed E-state index contributed by atoms with van der Waals surface area (Å²) in [5.41, 5.74) is 1.24. The predicted molar refractivity (Wildman–Crippen MR) is 101 cm³/mol. The molecule has 0 aliphatic heterocycles. The van der Waals surface area contributed by atoms with E-state index in [9.17, 15) is 14.7 Å². The quantitative estimate of drug-likeness (QED) is 0.692. The van der Waals surface area contributed by atoms with Crippen molar-refractivity contribution in [2.24, 2.45) is 0 Å². The largest absolute Gasteiger partial charge is 0.477 e. The molecule has 0 bridgehead atoms. The predicted octanol–water partition coefficient (Wildman–Crippen LogP) is 2.35. The first-order valence-corrected chi connectivity index (χ1v) is 8.78. The van der Waals surface area contributed by atoms with Gasteiger partial charge in [0.2, 0.25) is 0 Å². The Hall–Kier alpha value is -2.84. The van der Waals surface area contributed by atoms with E-state index in [1.807, 2.05) is 25.1 Å². The van der Waals surface area contributed by atoms with Crippen molar-refractivity contribution in [2.45, 2.75) is 0 Å². The maximum absolute atomic E-state index is 12.2. The molecule has 0 aromatic carbocycles. The summed E-state index contributed by atoms with van der Waals surface area (Å²) in [5, 5.41) is 12.8. The van der Waals surface area contributed by atoms with Gasteiger partial charge in [0.05, 0.1) is 10.4 Å². The average Bonchev–Trinajstić information content (AvgIpc) is 3.10. The van der Waals surface area contributed by atoms with Gasteiger partial charge in [-0.2, -0.15) is 0 Å². The molecule has 1 amide bonds. The van der Waals surface area contributed by atoms with Gasteiger partial charge in [0.15, 0.2) is 0 Å². The first kappa shape index (κ1) is 18.0. The molecule has 0 fully saturated rings. The van der Waals surface area contributed by atoms with Gasteiger partial charge in [0.1, 0.15) is 5.69 Å². The zero-order valence-electron chi connectivity index (χ0n) is 14.4. The SMILES string of the molecule is CN(C)CCNC(=O)c1ccc(-c2cncc3ccc(C(=O)O)nc23)s1. The summed E-state index contributed by atoms with van der Waals surface area (Å²) in [6.45, 7) is 1.33. The second-order valence-electron chi connectivity index (χ2n) is 5.98. The van der Waals surface area contributed by atoms with Crippen LogP contribution < -0.4 is 5.32 Å². The molecule has 7 nitrogen and oxygen atoms in total. The number of carboxylic acids is 1. The maximum atomic E-state index is 12.2. The van der Waals surface area contributed by atoms with Crippen LogP contribution in [0.1, 0.15) is 20.2 Å². The minimum absolute atomic E-state index is 0.0249. The number of aromatic carboxylic acids is 1. The van der Waals surface area contributed by atoms with Gasteiger partial charge in [-0.25, -0.2) is 9.78 Å². The molecule has 0 radical (unpaired) electrons. The van der Waals surface area contributed by atoms with Crippen molar-refractivity contribution in [3.05, 3.63) is 47.2 Å². The van der Waals surface area contributed by atoms with Gasteiger partial charge in [-0.05, 0) is 38.4 Å². The summed E-state index contributed by atoms with van der Waals surface area (Å²) >= 11 is 1.33. The van der Waals surface area contributed by atoms with Crippen molar-refractivity contribution < 1.29 is 14.7 Å². The normalized spacial score (nSPS) is 11.0. The second-order valence-corrected chi connectivity index (χ2v) is 7.07. The summed E-state index contributed by atoms with van der Waals surface area (Å²) < 4.78 is 0. The number of nitrogens with one attached hydrogen (secondary N) is 1. The first-order chi connectivity index (χ1) is 12.5. The molecule has 8 heteroatoms. The fourth-order valence-corrected chi connectivity index (χ4v) is 3.36. The fourth-order valence-electron chi connectivity index (χ4n) is 2.43. The van der Waals surface area contributed by atoms with Crippen LogP contribution in [-0.2, 0) is 0 Å². The van der Waals surface area contributed by atoms with Crippen LogP contribution in [0.2, 0.25) is 0 Å². The van der Waals surface area contributed by atoms with Crippen LogP contribution in [0.25, 0.3) is 21.3 Å². The van der Waals surface area contributed by atoms with Crippen molar-refractivity contribution in [3.63, 3.8) is 0 Å². The highest BCUT2D eigenvalue weighted by atomic mass is 32.1. The van der Waals surface area contributed by atoms with E-state index >= 15 is 0 Å². The van der Waals surface area contributed by atoms with Crippen molar-refractivity contribution >= 4 is 34.1 Å². The van der Waals surface area contributed by atoms with Gasteiger partial charge in [-0.3, -0.25) is 9.78 Å². The third kappa shape index (κ3) is 3.87. The van der Waals surface area contributed by atoms with Crippen molar-refractivity contribution in [2.75, 3.05) is 27.2 Å². The Kier molecular flexibility index (Phi) is 5.24. The number of carbonyl (C=O) groups is 2. The van der Waals surface area contributed by atoms with Crippen LogP contribution in [0.5, 0.6) is 0 Å². The highest BCUT2D eigenvalue weighted by Gasteiger charge is 2.14. The van der Waals surface area contributed by atoms with Crippen molar-refractivity contribution in [1.82, 2.24) is 20.2 Å². The third-order valence-electron chi connectivity index (χ3n) is 3.76. The number of carboxylic acid groups (broad SMARTS) is 1. The topological polar surface area (TPSA) is 95.4 Å². The van der Waals surface area contributed by atoms with Crippen molar-refractivity contribution in [1.29, 1.82) is 0 Å². The zero-order chi connectivity index (χ0) is 18.7. The first-order valence-electron chi connectivity index (χ1n) is 7.97. The van der Waals surface area contributed by atoms with Crippen LogP contribution in [0.3, 0.4) is 0 Å². The van der Waals surface area contributed by atoms with E-state index in [2.05, 4.69) is 15.3 Å². The van der Waals surface area contributed by atoms with Gasteiger partial charge in [0.25, 0.3) is 5.91 Å². The lowest BCUT2D eigenvalue weighted by atomic mass is 10.1. The molecule has 0 atom stereocenters. The van der Waals surface area contributed by atoms with E-state index in [-0.39, 0.29) is 11.6 Å². The van der Waals surface area contributed by atoms with Gasteiger partial charge in [-0.1, -0.05) is 0 Å². The van der Waals surface area contributed by atoms with Crippen LogP contribution in [0.4, 0.5) is 0 Å². The Labute approximate surface area is 154 Å². The molecular weight excluding hydrogens is 352 g/mol. The minimum Gasteiger partial charge on any atom is -0.477 e. The number of aromatic nitrogens is 2. The molecule has 0 saturated carbocycles. The highest BCUT2D eigenvalue weighted by Crippen LogP contribution is 2.32. The van der Waals surface area contributed by atoms with Gasteiger partial charge in [-0.15, -0.1) is 11.3 Å². The van der Waals surface area contributed by atoms with Crippen LogP contribution >= 0.6 is 11.3 Å². The van der Waals surface area contributed by atoms with Crippen LogP contribution in [-0.4, -0.2) is 59.0 Å². The van der Waals surface area contributed by atoms with Gasteiger partial charge < -0.3 is 15.3 Å². The molecule has 0 aliphatic carbocycles. The molecule has 0 aliphatic rings. The number of fused-ring (bicyclic) bond motifs is 1. The van der Waals surface area contributed by atoms with Crippen LogP contribution in [0, 0.1) is 0 Å². The van der Waals surface area contributed by atoms with Crippen LogP contribution in [0.15, 0.2) is 36.7 Å². The van der Waals surface area contributed by atoms with E-state index in [4.69, 9.17) is 0 Å². The number of carbonyl (C=O) groups excluding carboxylic acids is 1. The molecule has 3 rings (SSSR count). The lowest BCUT2D eigenvalue weighted by Gasteiger charge is -2.09. The summed E-state index contributed by atoms with van der Waals surface area (Å²) in [5.74, 6) is -1.21. The Morgan fingerprint density at radius 3 is 2.73 bits per heavy atom. The number of hydrogen-bond donors (Lipinski definition) is 2. The highest BCUT2D eigenvalue weighted by molar-refractivity contribution is 7.17. The van der Waals surface area contributed by atoms with E-state index in [1.54, 1.807) is 24.5 Å². The standard InChI is InChI=1S/C18H18N4O3S/c1-22(2)8-7-20-17(23)15-6-5-14(26-15)12-10-19-9-11-3-4-13(18(24)25)21-16(11)12/h3-6,9-10H,7-8H2,1-2H3,(H,20,23)(H,24,25). The molecule has 3 aromatic heterocycles. The molecule has 3 aromatic rings. The number of hydrogen-bond acceptors (Lipinski definition) is 6. The molecule has 3 heterocycles. The minimum atomic E-state index is -1.08. The number of pyridine rings is 2. The van der Waals surface area contributed by atoms with Gasteiger partial charge >= 0.3 is 5.97 Å². The fraction of sp³-hybridized carbons (Fsp3) is 0.222. The number of amides is 1. The molecule has 0 unspecified atom stereocenters.